The highest BCUT2D eigenvalue weighted by Gasteiger charge is 2.23. The van der Waals surface area contributed by atoms with Crippen LogP contribution in [0.15, 0.2) is 12.1 Å². The highest BCUT2D eigenvalue weighted by atomic mass is 19.1. The van der Waals surface area contributed by atoms with Crippen molar-refractivity contribution in [3.8, 4) is 0 Å². The summed E-state index contributed by atoms with van der Waals surface area (Å²) in [5.41, 5.74) is 0.780. The van der Waals surface area contributed by atoms with Crippen LogP contribution in [-0.4, -0.2) is 18.6 Å². The van der Waals surface area contributed by atoms with Crippen molar-refractivity contribution >= 4 is 5.69 Å². The van der Waals surface area contributed by atoms with Crippen LogP contribution in [0, 0.1) is 17.6 Å². The fourth-order valence-corrected chi connectivity index (χ4v) is 2.50. The minimum absolute atomic E-state index is 0.0619. The molecule has 1 aliphatic carbocycles. The molecule has 0 bridgehead atoms. The second-order valence-corrected chi connectivity index (χ2v) is 6.70. The van der Waals surface area contributed by atoms with E-state index in [-0.39, 0.29) is 11.7 Å². The smallest absolute Gasteiger partial charge is 0.149 e. The van der Waals surface area contributed by atoms with E-state index in [4.69, 9.17) is 0 Å². The van der Waals surface area contributed by atoms with Gasteiger partial charge in [-0.25, -0.2) is 8.78 Å². The Kier molecular flexibility index (Phi) is 5.20. The Labute approximate surface area is 126 Å². The lowest BCUT2D eigenvalue weighted by atomic mass is 10.1. The van der Waals surface area contributed by atoms with Gasteiger partial charge in [-0.05, 0) is 50.3 Å². The Balaban J connectivity index is 2.20. The number of nitrogens with one attached hydrogen (secondary N) is 1. The molecule has 1 fully saturated rings. The molecule has 0 heterocycles. The largest absolute Gasteiger partial charge is 0.364 e. The zero-order chi connectivity index (χ0) is 15.6. The summed E-state index contributed by atoms with van der Waals surface area (Å²) in [4.78, 5) is 1.81. The van der Waals surface area contributed by atoms with Crippen molar-refractivity contribution in [3.05, 3.63) is 29.3 Å². The van der Waals surface area contributed by atoms with Crippen LogP contribution in [0.25, 0.3) is 0 Å². The maximum absolute atomic E-state index is 14.4. The Hall–Kier alpha value is -1.16. The third kappa shape index (κ3) is 4.40. The average molecular weight is 296 g/mol. The number of hydrogen-bond donors (Lipinski definition) is 1. The van der Waals surface area contributed by atoms with Crippen LogP contribution in [0.4, 0.5) is 14.5 Å². The molecule has 118 valence electrons. The van der Waals surface area contributed by atoms with E-state index in [1.807, 2.05) is 18.7 Å². The van der Waals surface area contributed by atoms with Crippen molar-refractivity contribution in [1.82, 2.24) is 5.32 Å². The zero-order valence-corrected chi connectivity index (χ0v) is 13.4. The summed E-state index contributed by atoms with van der Waals surface area (Å²) in [6, 6.07) is 3.52. The van der Waals surface area contributed by atoms with Crippen molar-refractivity contribution in [1.29, 1.82) is 0 Å². The molecule has 2 rings (SSSR count). The zero-order valence-electron chi connectivity index (χ0n) is 13.4. The van der Waals surface area contributed by atoms with Crippen molar-refractivity contribution in [2.45, 2.75) is 59.2 Å². The molecule has 0 spiro atoms. The third-order valence-electron chi connectivity index (χ3n) is 3.72. The van der Waals surface area contributed by atoms with E-state index in [1.54, 1.807) is 0 Å². The Bertz CT molecular complexity index is 459. The molecule has 2 nitrogen and oxygen atoms in total. The van der Waals surface area contributed by atoms with E-state index < -0.39 is 11.6 Å². The fourth-order valence-electron chi connectivity index (χ4n) is 2.50. The molecule has 0 unspecified atom stereocenters. The number of benzene rings is 1. The first kappa shape index (κ1) is 16.2. The first-order valence-corrected chi connectivity index (χ1v) is 7.86. The molecule has 0 aliphatic heterocycles. The molecule has 1 N–H and O–H groups in total. The topological polar surface area (TPSA) is 15.3 Å². The lowest BCUT2D eigenvalue weighted by molar-refractivity contribution is 0.521. The molecular weight excluding hydrogens is 270 g/mol. The van der Waals surface area contributed by atoms with Gasteiger partial charge >= 0.3 is 0 Å². The molecule has 0 aromatic heterocycles. The minimum atomic E-state index is -0.461. The summed E-state index contributed by atoms with van der Waals surface area (Å²) >= 11 is 0. The Morgan fingerprint density at radius 1 is 1.14 bits per heavy atom. The highest BCUT2D eigenvalue weighted by Crippen LogP contribution is 2.28. The number of halogens is 2. The van der Waals surface area contributed by atoms with Gasteiger partial charge in [0.2, 0.25) is 0 Å². The normalized spacial score (nSPS) is 15.0. The van der Waals surface area contributed by atoms with Crippen molar-refractivity contribution < 1.29 is 8.78 Å². The number of rotatable bonds is 7. The number of anilines is 1. The molecule has 0 saturated heterocycles. The maximum Gasteiger partial charge on any atom is 0.149 e. The van der Waals surface area contributed by atoms with Gasteiger partial charge in [-0.15, -0.1) is 0 Å². The van der Waals surface area contributed by atoms with Crippen LogP contribution in [0.3, 0.4) is 0 Å². The standard InChI is InChI=1S/C17H26F2N2/c1-11(2)10-21(12(3)4)17-15(18)7-13(8-16(17)19)9-20-14-5-6-14/h7-8,11-12,14,20H,5-6,9-10H2,1-4H3. The van der Waals surface area contributed by atoms with E-state index >= 15 is 0 Å². The van der Waals surface area contributed by atoms with Gasteiger partial charge in [0.15, 0.2) is 0 Å². The summed E-state index contributed by atoms with van der Waals surface area (Å²) in [6.07, 6.45) is 2.33. The quantitative estimate of drug-likeness (QED) is 0.815. The molecule has 1 saturated carbocycles. The lowest BCUT2D eigenvalue weighted by Gasteiger charge is -2.31. The highest BCUT2D eigenvalue weighted by molar-refractivity contribution is 5.51. The van der Waals surface area contributed by atoms with Crippen molar-refractivity contribution in [2.75, 3.05) is 11.4 Å². The monoisotopic (exact) mass is 296 g/mol. The van der Waals surface area contributed by atoms with Gasteiger partial charge < -0.3 is 10.2 Å². The van der Waals surface area contributed by atoms with Gasteiger partial charge in [0.25, 0.3) is 0 Å². The third-order valence-corrected chi connectivity index (χ3v) is 3.72. The van der Waals surface area contributed by atoms with E-state index in [9.17, 15) is 8.78 Å². The van der Waals surface area contributed by atoms with Crippen molar-refractivity contribution in [3.63, 3.8) is 0 Å². The van der Waals surface area contributed by atoms with E-state index in [0.29, 0.717) is 30.6 Å². The molecule has 0 radical (unpaired) electrons. The summed E-state index contributed by atoms with van der Waals surface area (Å²) in [7, 11) is 0. The second kappa shape index (κ2) is 6.73. The van der Waals surface area contributed by atoms with Gasteiger partial charge in [0.05, 0.1) is 0 Å². The molecule has 1 aliphatic rings. The van der Waals surface area contributed by atoms with Gasteiger partial charge in [0, 0.05) is 25.2 Å². The van der Waals surface area contributed by atoms with Gasteiger partial charge in [-0.3, -0.25) is 0 Å². The van der Waals surface area contributed by atoms with Crippen LogP contribution in [0.1, 0.15) is 46.1 Å². The Morgan fingerprint density at radius 2 is 1.71 bits per heavy atom. The SMILES string of the molecule is CC(C)CN(c1c(F)cc(CNC2CC2)cc1F)C(C)C. The molecule has 21 heavy (non-hydrogen) atoms. The van der Waals surface area contributed by atoms with Crippen LogP contribution < -0.4 is 10.2 Å². The summed E-state index contributed by atoms with van der Waals surface area (Å²) in [5, 5.41) is 3.28. The summed E-state index contributed by atoms with van der Waals surface area (Å²) in [5.74, 6) is -0.573. The predicted octanol–water partition coefficient (Wildman–Crippen LogP) is 4.09. The Morgan fingerprint density at radius 3 is 2.14 bits per heavy atom. The van der Waals surface area contributed by atoms with E-state index in [0.717, 1.165) is 0 Å². The molecule has 4 heteroatoms. The molecule has 0 amide bonds. The summed E-state index contributed by atoms with van der Waals surface area (Å²) in [6.45, 7) is 9.21. The summed E-state index contributed by atoms with van der Waals surface area (Å²) < 4.78 is 28.8. The average Bonchev–Trinajstić information content (AvgIpc) is 3.17. The molecule has 0 atom stereocenters. The van der Waals surface area contributed by atoms with Crippen molar-refractivity contribution in [2.24, 2.45) is 5.92 Å². The van der Waals surface area contributed by atoms with E-state index in [2.05, 4.69) is 19.2 Å². The first-order chi connectivity index (χ1) is 9.88. The number of hydrogen-bond acceptors (Lipinski definition) is 2. The van der Waals surface area contributed by atoms with Gasteiger partial charge in [0.1, 0.15) is 17.3 Å². The van der Waals surface area contributed by atoms with Crippen LogP contribution in [0.5, 0.6) is 0 Å². The van der Waals surface area contributed by atoms with Gasteiger partial charge in [-0.1, -0.05) is 13.8 Å². The predicted molar refractivity (Wildman–Crippen MR) is 83.5 cm³/mol. The molecular formula is C17H26F2N2. The fraction of sp³-hybridized carbons (Fsp3) is 0.647. The maximum atomic E-state index is 14.4. The van der Waals surface area contributed by atoms with Gasteiger partial charge in [-0.2, -0.15) is 0 Å². The molecule has 1 aromatic carbocycles. The van der Waals surface area contributed by atoms with Crippen LogP contribution in [-0.2, 0) is 6.54 Å². The lowest BCUT2D eigenvalue weighted by Crippen LogP contribution is -2.35. The van der Waals surface area contributed by atoms with Crippen LogP contribution in [0.2, 0.25) is 0 Å². The molecule has 1 aromatic rings. The number of nitrogens with zero attached hydrogens (tertiary/aromatic N) is 1. The first-order valence-electron chi connectivity index (χ1n) is 7.86. The van der Waals surface area contributed by atoms with E-state index in [1.165, 1.54) is 25.0 Å². The second-order valence-electron chi connectivity index (χ2n) is 6.70. The minimum Gasteiger partial charge on any atom is -0.364 e. The van der Waals surface area contributed by atoms with Crippen LogP contribution >= 0.6 is 0 Å².